The summed E-state index contributed by atoms with van der Waals surface area (Å²) in [5.74, 6) is -1.27. The predicted octanol–water partition coefficient (Wildman–Crippen LogP) is 2.78. The average Bonchev–Trinajstić information content (AvgIpc) is 3.01. The van der Waals surface area contributed by atoms with Crippen molar-refractivity contribution in [3.63, 3.8) is 0 Å². The van der Waals surface area contributed by atoms with Crippen molar-refractivity contribution < 1.29 is 9.59 Å². The molecule has 5 heteroatoms. The number of para-hydroxylation sites is 1. The summed E-state index contributed by atoms with van der Waals surface area (Å²) < 4.78 is 0. The van der Waals surface area contributed by atoms with Crippen LogP contribution in [0.4, 0.5) is 5.69 Å². The van der Waals surface area contributed by atoms with Gasteiger partial charge in [-0.1, -0.05) is 32.0 Å². The summed E-state index contributed by atoms with van der Waals surface area (Å²) in [5.41, 5.74) is 1.55. The van der Waals surface area contributed by atoms with E-state index < -0.39 is 11.8 Å². The van der Waals surface area contributed by atoms with Crippen LogP contribution >= 0.6 is 11.3 Å². The number of hydrogen-bond donors (Lipinski definition) is 2. The summed E-state index contributed by atoms with van der Waals surface area (Å²) in [6.07, 6.45) is 0. The summed E-state index contributed by atoms with van der Waals surface area (Å²) in [6.45, 7) is 4.47. The minimum Gasteiger partial charge on any atom is -0.347 e. The SMILES string of the molecule is CC(C)(CNC(=O)C(=O)Nc1ccccc1)c1ccsc1. The van der Waals surface area contributed by atoms with Gasteiger partial charge in [-0.2, -0.15) is 11.3 Å². The van der Waals surface area contributed by atoms with Gasteiger partial charge in [0, 0.05) is 17.6 Å². The lowest BCUT2D eigenvalue weighted by molar-refractivity contribution is -0.136. The summed E-state index contributed by atoms with van der Waals surface area (Å²) in [4.78, 5) is 23.6. The van der Waals surface area contributed by atoms with Crippen LogP contribution in [0.25, 0.3) is 0 Å². The van der Waals surface area contributed by atoms with Gasteiger partial charge in [-0.25, -0.2) is 0 Å². The van der Waals surface area contributed by atoms with Crippen LogP contribution in [-0.4, -0.2) is 18.4 Å². The standard InChI is InChI=1S/C16H18N2O2S/c1-16(2,12-8-9-21-10-12)11-17-14(19)15(20)18-13-6-4-3-5-7-13/h3-10H,11H2,1-2H3,(H,17,19)(H,18,20). The number of hydrogen-bond acceptors (Lipinski definition) is 3. The summed E-state index contributed by atoms with van der Waals surface area (Å²) in [7, 11) is 0. The molecule has 0 saturated heterocycles. The van der Waals surface area contributed by atoms with Crippen LogP contribution in [0.5, 0.6) is 0 Å². The molecule has 1 aromatic carbocycles. The highest BCUT2D eigenvalue weighted by Gasteiger charge is 2.23. The minimum atomic E-state index is -0.651. The van der Waals surface area contributed by atoms with Gasteiger partial charge < -0.3 is 10.6 Å². The molecule has 1 aromatic heterocycles. The van der Waals surface area contributed by atoms with Gasteiger partial charge in [0.25, 0.3) is 0 Å². The van der Waals surface area contributed by atoms with Crippen LogP contribution < -0.4 is 10.6 Å². The highest BCUT2D eigenvalue weighted by molar-refractivity contribution is 7.08. The van der Waals surface area contributed by atoms with Crippen LogP contribution in [0.15, 0.2) is 47.2 Å². The fourth-order valence-electron chi connectivity index (χ4n) is 1.84. The number of nitrogens with one attached hydrogen (secondary N) is 2. The molecular formula is C16H18N2O2S. The highest BCUT2D eigenvalue weighted by Crippen LogP contribution is 2.24. The van der Waals surface area contributed by atoms with Crippen LogP contribution in [0.1, 0.15) is 19.4 Å². The molecule has 0 fully saturated rings. The summed E-state index contributed by atoms with van der Waals surface area (Å²) >= 11 is 1.62. The molecule has 0 radical (unpaired) electrons. The van der Waals surface area contributed by atoms with E-state index in [2.05, 4.69) is 16.0 Å². The monoisotopic (exact) mass is 302 g/mol. The van der Waals surface area contributed by atoms with E-state index >= 15 is 0 Å². The van der Waals surface area contributed by atoms with Gasteiger partial charge in [-0.3, -0.25) is 9.59 Å². The first-order valence-electron chi connectivity index (χ1n) is 6.66. The highest BCUT2D eigenvalue weighted by atomic mass is 32.1. The van der Waals surface area contributed by atoms with E-state index in [0.717, 1.165) is 5.56 Å². The third-order valence-corrected chi connectivity index (χ3v) is 3.91. The van der Waals surface area contributed by atoms with Crippen molar-refractivity contribution in [3.8, 4) is 0 Å². The first-order chi connectivity index (χ1) is 9.99. The average molecular weight is 302 g/mol. The van der Waals surface area contributed by atoms with Crippen molar-refractivity contribution in [1.82, 2.24) is 5.32 Å². The molecule has 0 bridgehead atoms. The molecule has 1 heterocycles. The van der Waals surface area contributed by atoms with Crippen molar-refractivity contribution in [2.45, 2.75) is 19.3 Å². The Hall–Kier alpha value is -2.14. The van der Waals surface area contributed by atoms with Crippen molar-refractivity contribution in [1.29, 1.82) is 0 Å². The molecular weight excluding hydrogens is 284 g/mol. The Bertz CT molecular complexity index is 606. The Morgan fingerprint density at radius 3 is 2.43 bits per heavy atom. The topological polar surface area (TPSA) is 58.2 Å². The van der Waals surface area contributed by atoms with Crippen molar-refractivity contribution in [2.24, 2.45) is 0 Å². The largest absolute Gasteiger partial charge is 0.347 e. The molecule has 4 nitrogen and oxygen atoms in total. The first-order valence-corrected chi connectivity index (χ1v) is 7.60. The van der Waals surface area contributed by atoms with Gasteiger partial charge in [0.2, 0.25) is 0 Å². The molecule has 0 aliphatic rings. The second kappa shape index (κ2) is 6.54. The van der Waals surface area contributed by atoms with E-state index in [-0.39, 0.29) is 5.41 Å². The Labute approximate surface area is 128 Å². The Morgan fingerprint density at radius 2 is 1.81 bits per heavy atom. The molecule has 2 rings (SSSR count). The molecule has 21 heavy (non-hydrogen) atoms. The fourth-order valence-corrected chi connectivity index (χ4v) is 2.69. The van der Waals surface area contributed by atoms with Crippen LogP contribution in [0.2, 0.25) is 0 Å². The van der Waals surface area contributed by atoms with Gasteiger partial charge in [0.05, 0.1) is 0 Å². The molecule has 0 saturated carbocycles. The Morgan fingerprint density at radius 1 is 1.10 bits per heavy atom. The second-order valence-corrected chi connectivity index (χ2v) is 6.18. The molecule has 110 valence electrons. The van der Waals surface area contributed by atoms with Gasteiger partial charge in [-0.15, -0.1) is 0 Å². The van der Waals surface area contributed by atoms with Gasteiger partial charge in [0.15, 0.2) is 0 Å². The maximum absolute atomic E-state index is 11.8. The van der Waals surface area contributed by atoms with Crippen LogP contribution in [0.3, 0.4) is 0 Å². The zero-order chi connectivity index (χ0) is 15.3. The lowest BCUT2D eigenvalue weighted by Gasteiger charge is -2.23. The van der Waals surface area contributed by atoms with E-state index in [1.165, 1.54) is 0 Å². The number of rotatable bonds is 4. The van der Waals surface area contributed by atoms with E-state index in [0.29, 0.717) is 12.2 Å². The summed E-state index contributed by atoms with van der Waals surface area (Å²) in [6, 6.07) is 10.9. The molecule has 2 amide bonds. The maximum Gasteiger partial charge on any atom is 0.313 e. The molecule has 2 N–H and O–H groups in total. The van der Waals surface area contributed by atoms with Gasteiger partial charge in [-0.05, 0) is 34.5 Å². The van der Waals surface area contributed by atoms with E-state index in [1.54, 1.807) is 35.6 Å². The van der Waals surface area contributed by atoms with Crippen LogP contribution in [-0.2, 0) is 15.0 Å². The van der Waals surface area contributed by atoms with Crippen molar-refractivity contribution >= 4 is 28.8 Å². The molecule has 0 aliphatic carbocycles. The third kappa shape index (κ3) is 4.16. The maximum atomic E-state index is 11.8. The van der Waals surface area contributed by atoms with Crippen molar-refractivity contribution in [3.05, 3.63) is 52.7 Å². The van der Waals surface area contributed by atoms with Crippen molar-refractivity contribution in [2.75, 3.05) is 11.9 Å². The van der Waals surface area contributed by atoms with E-state index in [4.69, 9.17) is 0 Å². The lowest BCUT2D eigenvalue weighted by atomic mass is 9.86. The van der Waals surface area contributed by atoms with E-state index in [1.807, 2.05) is 31.4 Å². The van der Waals surface area contributed by atoms with E-state index in [9.17, 15) is 9.59 Å². The molecule has 0 aliphatic heterocycles. The quantitative estimate of drug-likeness (QED) is 0.853. The number of benzene rings is 1. The molecule has 0 spiro atoms. The molecule has 2 aromatic rings. The predicted molar refractivity (Wildman–Crippen MR) is 85.4 cm³/mol. The Balaban J connectivity index is 1.88. The molecule has 0 unspecified atom stereocenters. The number of anilines is 1. The van der Waals surface area contributed by atoms with Crippen LogP contribution in [0, 0.1) is 0 Å². The molecule has 0 atom stereocenters. The zero-order valence-electron chi connectivity index (χ0n) is 12.1. The van der Waals surface area contributed by atoms with Gasteiger partial charge >= 0.3 is 11.8 Å². The number of carbonyl (C=O) groups excluding carboxylic acids is 2. The number of thiophene rings is 1. The number of carbonyl (C=O) groups is 2. The summed E-state index contributed by atoms with van der Waals surface area (Å²) in [5, 5.41) is 9.30. The Kier molecular flexibility index (Phi) is 4.75. The second-order valence-electron chi connectivity index (χ2n) is 5.40. The normalized spacial score (nSPS) is 11.0. The minimum absolute atomic E-state index is 0.206. The zero-order valence-corrected chi connectivity index (χ0v) is 12.9. The lowest BCUT2D eigenvalue weighted by Crippen LogP contribution is -2.41. The van der Waals surface area contributed by atoms with Gasteiger partial charge in [0.1, 0.15) is 0 Å². The smallest absolute Gasteiger partial charge is 0.313 e. The first kappa shape index (κ1) is 15.3. The fraction of sp³-hybridized carbons (Fsp3) is 0.250. The third-order valence-electron chi connectivity index (χ3n) is 3.23. The number of amides is 2.